The summed E-state index contributed by atoms with van der Waals surface area (Å²) in [5, 5.41) is 3.14. The van der Waals surface area contributed by atoms with E-state index in [1.165, 1.54) is 33.3 Å². The van der Waals surface area contributed by atoms with Gasteiger partial charge in [0.05, 0.1) is 23.3 Å². The lowest BCUT2D eigenvalue weighted by molar-refractivity contribution is 0.0601. The fourth-order valence-corrected chi connectivity index (χ4v) is 3.29. The van der Waals surface area contributed by atoms with E-state index in [1.807, 2.05) is 13.0 Å². The van der Waals surface area contributed by atoms with Crippen molar-refractivity contribution in [3.63, 3.8) is 0 Å². The number of carbonyl (C=O) groups excluding carboxylic acids is 1. The molecule has 0 aliphatic carbocycles. The van der Waals surface area contributed by atoms with Crippen molar-refractivity contribution in [2.45, 2.75) is 18.2 Å². The highest BCUT2D eigenvalue weighted by Crippen LogP contribution is 2.36. The summed E-state index contributed by atoms with van der Waals surface area (Å²) in [4.78, 5) is 12.3. The lowest BCUT2D eigenvalue weighted by atomic mass is 10.1. The Morgan fingerprint density at radius 1 is 1.15 bits per heavy atom. The third-order valence-corrected chi connectivity index (χ3v) is 5.58. The largest absolute Gasteiger partial charge is 0.465 e. The van der Waals surface area contributed by atoms with Gasteiger partial charge in [0.25, 0.3) is 0 Å². The van der Waals surface area contributed by atoms with Crippen molar-refractivity contribution in [1.29, 1.82) is 0 Å². The van der Waals surface area contributed by atoms with E-state index in [-0.39, 0.29) is 16.2 Å². The van der Waals surface area contributed by atoms with Crippen molar-refractivity contribution in [3.05, 3.63) is 48.0 Å². The standard InChI is InChI=1S/C19H24N2O5S/c1-5-11-20-18-16(19(22)25-4)12-15(27(23,24)21(2)3)13-17(18)26-14-9-7-6-8-10-14/h6-10,12-13,20H,5,11H2,1-4H3. The van der Waals surface area contributed by atoms with E-state index in [0.29, 0.717) is 18.0 Å². The van der Waals surface area contributed by atoms with Gasteiger partial charge >= 0.3 is 5.97 Å². The lowest BCUT2D eigenvalue weighted by Crippen LogP contribution is -2.23. The first-order valence-electron chi connectivity index (χ1n) is 8.47. The number of benzene rings is 2. The predicted octanol–water partition coefficient (Wildman–Crippen LogP) is 3.34. The summed E-state index contributed by atoms with van der Waals surface area (Å²) in [6.45, 7) is 2.56. The monoisotopic (exact) mass is 392 g/mol. The number of anilines is 1. The van der Waals surface area contributed by atoms with Gasteiger partial charge in [-0.05, 0) is 24.6 Å². The van der Waals surface area contributed by atoms with Crippen LogP contribution in [0.4, 0.5) is 5.69 Å². The minimum atomic E-state index is -3.78. The van der Waals surface area contributed by atoms with Crippen molar-refractivity contribution in [3.8, 4) is 11.5 Å². The Morgan fingerprint density at radius 2 is 1.81 bits per heavy atom. The maximum atomic E-state index is 12.6. The number of carbonyl (C=O) groups is 1. The number of sulfonamides is 1. The molecule has 0 aliphatic heterocycles. The number of nitrogens with one attached hydrogen (secondary N) is 1. The van der Waals surface area contributed by atoms with Gasteiger partial charge in [0.1, 0.15) is 5.75 Å². The molecule has 0 bridgehead atoms. The third kappa shape index (κ3) is 4.78. The maximum Gasteiger partial charge on any atom is 0.340 e. The van der Waals surface area contributed by atoms with E-state index in [2.05, 4.69) is 5.32 Å². The zero-order valence-corrected chi connectivity index (χ0v) is 16.7. The van der Waals surface area contributed by atoms with Crippen molar-refractivity contribution >= 4 is 21.7 Å². The Kier molecular flexibility index (Phi) is 6.81. The van der Waals surface area contributed by atoms with Crippen LogP contribution in [-0.4, -0.2) is 46.4 Å². The van der Waals surface area contributed by atoms with Crippen LogP contribution < -0.4 is 10.1 Å². The molecule has 0 heterocycles. The van der Waals surface area contributed by atoms with E-state index in [9.17, 15) is 13.2 Å². The number of para-hydroxylation sites is 1. The maximum absolute atomic E-state index is 12.6. The molecule has 0 fully saturated rings. The zero-order valence-electron chi connectivity index (χ0n) is 15.9. The van der Waals surface area contributed by atoms with Crippen LogP contribution in [0.3, 0.4) is 0 Å². The molecule has 0 spiro atoms. The second kappa shape index (κ2) is 8.88. The van der Waals surface area contributed by atoms with Crippen LogP contribution in [0.5, 0.6) is 11.5 Å². The van der Waals surface area contributed by atoms with Crippen molar-refractivity contribution in [2.75, 3.05) is 33.1 Å². The fourth-order valence-electron chi connectivity index (χ4n) is 2.35. The summed E-state index contributed by atoms with van der Waals surface area (Å²) in [5.74, 6) is 0.104. The first-order chi connectivity index (χ1) is 12.8. The van der Waals surface area contributed by atoms with Crippen LogP contribution in [0, 0.1) is 0 Å². The number of rotatable bonds is 8. The molecule has 7 nitrogen and oxygen atoms in total. The molecule has 8 heteroatoms. The van der Waals surface area contributed by atoms with Crippen LogP contribution in [0.2, 0.25) is 0 Å². The molecule has 0 atom stereocenters. The highest BCUT2D eigenvalue weighted by atomic mass is 32.2. The number of hydrogen-bond acceptors (Lipinski definition) is 6. The second-order valence-electron chi connectivity index (χ2n) is 5.96. The molecule has 0 aromatic heterocycles. The molecule has 1 N–H and O–H groups in total. The van der Waals surface area contributed by atoms with E-state index in [4.69, 9.17) is 9.47 Å². The number of esters is 1. The topological polar surface area (TPSA) is 84.9 Å². The summed E-state index contributed by atoms with van der Waals surface area (Å²) in [7, 11) is 0.321. The molecule has 0 saturated heterocycles. The molecule has 27 heavy (non-hydrogen) atoms. The fraction of sp³-hybridized carbons (Fsp3) is 0.316. The highest BCUT2D eigenvalue weighted by molar-refractivity contribution is 7.89. The average molecular weight is 392 g/mol. The minimum Gasteiger partial charge on any atom is -0.465 e. The van der Waals surface area contributed by atoms with Gasteiger partial charge < -0.3 is 14.8 Å². The van der Waals surface area contributed by atoms with E-state index in [1.54, 1.807) is 24.3 Å². The van der Waals surface area contributed by atoms with E-state index < -0.39 is 16.0 Å². The number of hydrogen-bond donors (Lipinski definition) is 1. The molecule has 0 saturated carbocycles. The minimum absolute atomic E-state index is 0.0547. The van der Waals surface area contributed by atoms with Crippen LogP contribution in [-0.2, 0) is 14.8 Å². The van der Waals surface area contributed by atoms with Crippen LogP contribution in [0.15, 0.2) is 47.4 Å². The molecule has 0 unspecified atom stereocenters. The Labute approximate surface area is 160 Å². The van der Waals surface area contributed by atoms with Gasteiger partial charge in [-0.15, -0.1) is 0 Å². The molecule has 0 radical (unpaired) electrons. The second-order valence-corrected chi connectivity index (χ2v) is 8.12. The molecule has 0 aliphatic rings. The summed E-state index contributed by atoms with van der Waals surface area (Å²) in [5.41, 5.74) is 0.491. The molecule has 0 amide bonds. The Morgan fingerprint density at radius 3 is 2.37 bits per heavy atom. The van der Waals surface area contributed by atoms with Gasteiger partial charge in [0.15, 0.2) is 5.75 Å². The van der Waals surface area contributed by atoms with E-state index in [0.717, 1.165) is 10.7 Å². The summed E-state index contributed by atoms with van der Waals surface area (Å²) < 4.78 is 37.1. The SMILES string of the molecule is CCCNc1c(Oc2ccccc2)cc(S(=O)(=O)N(C)C)cc1C(=O)OC. The Hall–Kier alpha value is -2.58. The smallest absolute Gasteiger partial charge is 0.340 e. The van der Waals surface area contributed by atoms with Gasteiger partial charge in [-0.3, -0.25) is 0 Å². The highest BCUT2D eigenvalue weighted by Gasteiger charge is 2.25. The molecule has 2 rings (SSSR count). The van der Waals surface area contributed by atoms with Gasteiger partial charge in [-0.1, -0.05) is 25.1 Å². The summed E-state index contributed by atoms with van der Waals surface area (Å²) >= 11 is 0. The van der Waals surface area contributed by atoms with Gasteiger partial charge in [-0.25, -0.2) is 17.5 Å². The van der Waals surface area contributed by atoms with Crippen molar-refractivity contribution in [2.24, 2.45) is 0 Å². The average Bonchev–Trinajstić information content (AvgIpc) is 2.66. The number of nitrogens with zero attached hydrogens (tertiary/aromatic N) is 1. The van der Waals surface area contributed by atoms with Crippen LogP contribution >= 0.6 is 0 Å². The number of ether oxygens (including phenoxy) is 2. The van der Waals surface area contributed by atoms with Crippen LogP contribution in [0.25, 0.3) is 0 Å². The molecule has 2 aromatic rings. The summed E-state index contributed by atoms with van der Waals surface area (Å²) in [6, 6.07) is 11.6. The van der Waals surface area contributed by atoms with Gasteiger partial charge in [0, 0.05) is 26.7 Å². The third-order valence-electron chi connectivity index (χ3n) is 3.78. The van der Waals surface area contributed by atoms with Crippen molar-refractivity contribution < 1.29 is 22.7 Å². The molecular weight excluding hydrogens is 368 g/mol. The van der Waals surface area contributed by atoms with Gasteiger partial charge in [-0.2, -0.15) is 0 Å². The van der Waals surface area contributed by atoms with Crippen LogP contribution in [0.1, 0.15) is 23.7 Å². The van der Waals surface area contributed by atoms with E-state index >= 15 is 0 Å². The quantitative estimate of drug-likeness (QED) is 0.694. The predicted molar refractivity (Wildman–Crippen MR) is 104 cm³/mol. The Bertz CT molecular complexity index is 896. The number of methoxy groups -OCH3 is 1. The first kappa shape index (κ1) is 20.7. The zero-order chi connectivity index (χ0) is 20.0. The molecular formula is C19H24N2O5S. The Balaban J connectivity index is 2.69. The van der Waals surface area contributed by atoms with Gasteiger partial charge in [0.2, 0.25) is 10.0 Å². The first-order valence-corrected chi connectivity index (χ1v) is 9.91. The van der Waals surface area contributed by atoms with Crippen molar-refractivity contribution in [1.82, 2.24) is 4.31 Å². The lowest BCUT2D eigenvalue weighted by Gasteiger charge is -2.19. The summed E-state index contributed by atoms with van der Waals surface area (Å²) in [6.07, 6.45) is 0.809. The molecule has 2 aromatic carbocycles. The normalized spacial score (nSPS) is 11.3. The molecule has 146 valence electrons.